The van der Waals surface area contributed by atoms with Gasteiger partial charge in [0.15, 0.2) is 0 Å². The minimum atomic E-state index is -1.28. The predicted molar refractivity (Wildman–Crippen MR) is 130 cm³/mol. The molecule has 1 N–H and O–H groups in total. The number of hydrogen-bond donors (Lipinski definition) is 1. The van der Waals surface area contributed by atoms with Crippen molar-refractivity contribution < 1.29 is 13.9 Å². The van der Waals surface area contributed by atoms with Crippen LogP contribution in [0.2, 0.25) is 0 Å². The fourth-order valence-electron chi connectivity index (χ4n) is 4.40. The first-order valence-corrected chi connectivity index (χ1v) is 12.0. The zero-order valence-corrected chi connectivity index (χ0v) is 19.6. The molecule has 3 aliphatic heterocycles. The third-order valence-corrected chi connectivity index (χ3v) is 7.30. The predicted octanol–water partition coefficient (Wildman–Crippen LogP) is 6.28. The first-order valence-electron chi connectivity index (χ1n) is 10.4. The molecular weight excluding hydrogens is 505 g/mol. The van der Waals surface area contributed by atoms with Crippen molar-refractivity contribution in [2.45, 2.75) is 18.3 Å². The molecule has 1 saturated heterocycles. The molecule has 3 heterocycles. The van der Waals surface area contributed by atoms with Gasteiger partial charge in [0.25, 0.3) is 5.24 Å². The standard InChI is InChI=1S/C25H17BrFN3O2S/c26-17-8-11-22-19(13-17)21-14-20(16-4-2-1-3-5-16)29-30(21)25(32-22)23(33-24(31)28-25)12-15-6-9-18(27)10-7-15/h1-13,21H,14H2,(H,28,31)/b23-12-. The summed E-state index contributed by atoms with van der Waals surface area (Å²) in [5.74, 6) is -0.903. The largest absolute Gasteiger partial charge is 0.444 e. The van der Waals surface area contributed by atoms with E-state index in [0.29, 0.717) is 17.1 Å². The molecule has 6 rings (SSSR count). The highest BCUT2D eigenvalue weighted by atomic mass is 79.9. The van der Waals surface area contributed by atoms with Crippen LogP contribution in [0.5, 0.6) is 5.75 Å². The van der Waals surface area contributed by atoms with Crippen LogP contribution < -0.4 is 10.1 Å². The zero-order chi connectivity index (χ0) is 22.6. The second-order valence-electron chi connectivity index (χ2n) is 7.98. The summed E-state index contributed by atoms with van der Waals surface area (Å²) in [6, 6.07) is 21.9. The summed E-state index contributed by atoms with van der Waals surface area (Å²) in [7, 11) is 0. The molecule has 33 heavy (non-hydrogen) atoms. The normalized spacial score (nSPS) is 24.4. The molecule has 0 aromatic heterocycles. The molecule has 3 aromatic rings. The lowest BCUT2D eigenvalue weighted by Gasteiger charge is -2.45. The number of rotatable bonds is 2. The monoisotopic (exact) mass is 521 g/mol. The number of fused-ring (bicyclic) bond motifs is 4. The number of nitrogens with one attached hydrogen (secondary N) is 1. The molecule has 1 fully saturated rings. The SMILES string of the molecule is O=C1NC2(Oc3ccc(Br)cc3C3CC(c4ccccc4)=NN32)/C(=C/c2ccc(F)cc2)S1. The highest BCUT2D eigenvalue weighted by molar-refractivity contribution is 9.10. The van der Waals surface area contributed by atoms with Crippen LogP contribution in [0.4, 0.5) is 9.18 Å². The first kappa shape index (κ1) is 20.5. The Bertz CT molecular complexity index is 1330. The average Bonchev–Trinajstić information content (AvgIpc) is 3.40. The fourth-order valence-corrected chi connectivity index (χ4v) is 5.69. The van der Waals surface area contributed by atoms with Gasteiger partial charge in [-0.15, -0.1) is 0 Å². The quantitative estimate of drug-likeness (QED) is 0.431. The lowest BCUT2D eigenvalue weighted by molar-refractivity contribution is -0.0949. The van der Waals surface area contributed by atoms with Crippen LogP contribution >= 0.6 is 27.7 Å². The minimum absolute atomic E-state index is 0.128. The maximum atomic E-state index is 13.4. The van der Waals surface area contributed by atoms with Crippen LogP contribution in [0.1, 0.15) is 29.2 Å². The average molecular weight is 522 g/mol. The molecule has 5 nitrogen and oxygen atoms in total. The van der Waals surface area contributed by atoms with Crippen molar-refractivity contribution in [2.24, 2.45) is 5.10 Å². The Kier molecular flexibility index (Phi) is 4.81. The summed E-state index contributed by atoms with van der Waals surface area (Å²) >= 11 is 4.63. The molecular formula is C25H17BrFN3O2S. The Labute approximate surface area is 202 Å². The fraction of sp³-hybridized carbons (Fsp3) is 0.120. The first-order chi connectivity index (χ1) is 16.0. The van der Waals surface area contributed by atoms with Crippen LogP contribution in [0.25, 0.3) is 6.08 Å². The highest BCUT2D eigenvalue weighted by Gasteiger charge is 2.58. The number of carbonyl (C=O) groups is 1. The Morgan fingerprint density at radius 3 is 2.73 bits per heavy atom. The lowest BCUT2D eigenvalue weighted by atomic mass is 9.95. The van der Waals surface area contributed by atoms with Crippen molar-refractivity contribution in [3.8, 4) is 5.75 Å². The van der Waals surface area contributed by atoms with E-state index >= 15 is 0 Å². The van der Waals surface area contributed by atoms with E-state index in [4.69, 9.17) is 9.84 Å². The molecule has 1 spiro atoms. The number of hydrazone groups is 1. The molecule has 164 valence electrons. The molecule has 0 aliphatic carbocycles. The number of amides is 1. The molecule has 2 unspecified atom stereocenters. The van der Waals surface area contributed by atoms with Gasteiger partial charge in [-0.25, -0.2) is 9.40 Å². The number of ether oxygens (including phenoxy) is 1. The molecule has 3 aromatic carbocycles. The number of thioether (sulfide) groups is 1. The number of benzene rings is 3. The van der Waals surface area contributed by atoms with E-state index in [1.54, 1.807) is 12.1 Å². The van der Waals surface area contributed by atoms with E-state index < -0.39 is 5.85 Å². The van der Waals surface area contributed by atoms with E-state index in [1.165, 1.54) is 12.1 Å². The third kappa shape index (κ3) is 3.45. The van der Waals surface area contributed by atoms with Crippen LogP contribution in [-0.2, 0) is 0 Å². The van der Waals surface area contributed by atoms with Gasteiger partial charge in [-0.3, -0.25) is 10.1 Å². The van der Waals surface area contributed by atoms with Gasteiger partial charge < -0.3 is 4.74 Å². The molecule has 0 radical (unpaired) electrons. The van der Waals surface area contributed by atoms with Crippen LogP contribution in [0.15, 0.2) is 87.3 Å². The van der Waals surface area contributed by atoms with Crippen LogP contribution in [0, 0.1) is 5.82 Å². The van der Waals surface area contributed by atoms with Gasteiger partial charge in [-0.05, 0) is 59.3 Å². The molecule has 0 bridgehead atoms. The van der Waals surface area contributed by atoms with E-state index in [1.807, 2.05) is 59.6 Å². The second kappa shape index (κ2) is 7.74. The van der Waals surface area contributed by atoms with Gasteiger partial charge in [0, 0.05) is 16.5 Å². The summed E-state index contributed by atoms with van der Waals surface area (Å²) in [6.07, 6.45) is 2.52. The lowest BCUT2D eigenvalue weighted by Crippen LogP contribution is -2.61. The summed E-state index contributed by atoms with van der Waals surface area (Å²) < 4.78 is 20.9. The number of halogens is 2. The summed E-state index contributed by atoms with van der Waals surface area (Å²) in [5, 5.41) is 9.61. The van der Waals surface area contributed by atoms with Crippen LogP contribution in [-0.4, -0.2) is 21.8 Å². The third-order valence-electron chi connectivity index (χ3n) is 5.90. The minimum Gasteiger partial charge on any atom is -0.444 e. The van der Waals surface area contributed by atoms with Gasteiger partial charge >= 0.3 is 5.85 Å². The topological polar surface area (TPSA) is 53.9 Å². The van der Waals surface area contributed by atoms with Crippen molar-refractivity contribution in [3.05, 3.63) is 105 Å². The summed E-state index contributed by atoms with van der Waals surface area (Å²) in [6.45, 7) is 0. The van der Waals surface area contributed by atoms with Crippen molar-refractivity contribution in [1.82, 2.24) is 10.3 Å². The number of nitrogens with zero attached hydrogens (tertiary/aromatic N) is 2. The van der Waals surface area contributed by atoms with Gasteiger partial charge in [0.05, 0.1) is 16.7 Å². The van der Waals surface area contributed by atoms with E-state index in [-0.39, 0.29) is 17.1 Å². The van der Waals surface area contributed by atoms with E-state index in [2.05, 4.69) is 21.2 Å². The van der Waals surface area contributed by atoms with E-state index in [9.17, 15) is 9.18 Å². The molecule has 2 atom stereocenters. The summed E-state index contributed by atoms with van der Waals surface area (Å²) in [4.78, 5) is 13.3. The maximum Gasteiger partial charge on any atom is 0.314 e. The van der Waals surface area contributed by atoms with Crippen molar-refractivity contribution in [1.29, 1.82) is 0 Å². The molecule has 8 heteroatoms. The van der Waals surface area contributed by atoms with Gasteiger partial charge in [0.2, 0.25) is 0 Å². The Hall–Kier alpha value is -3.10. The van der Waals surface area contributed by atoms with E-state index in [0.717, 1.165) is 38.6 Å². The molecule has 1 amide bonds. The molecule has 3 aliphatic rings. The maximum absolute atomic E-state index is 13.4. The van der Waals surface area contributed by atoms with Crippen LogP contribution in [0.3, 0.4) is 0 Å². The summed E-state index contributed by atoms with van der Waals surface area (Å²) in [5.41, 5.74) is 3.71. The smallest absolute Gasteiger partial charge is 0.314 e. The van der Waals surface area contributed by atoms with Crippen molar-refractivity contribution in [3.63, 3.8) is 0 Å². The zero-order valence-electron chi connectivity index (χ0n) is 17.2. The van der Waals surface area contributed by atoms with Crippen molar-refractivity contribution in [2.75, 3.05) is 0 Å². The van der Waals surface area contributed by atoms with Gasteiger partial charge in [-0.2, -0.15) is 5.10 Å². The highest BCUT2D eigenvalue weighted by Crippen LogP contribution is 2.53. The molecule has 0 saturated carbocycles. The Morgan fingerprint density at radius 2 is 1.94 bits per heavy atom. The van der Waals surface area contributed by atoms with Crippen molar-refractivity contribution >= 4 is 44.7 Å². The second-order valence-corrected chi connectivity index (χ2v) is 9.91. The number of carbonyl (C=O) groups excluding carboxylic acids is 1. The number of hydrogen-bond acceptors (Lipinski definition) is 5. The van der Waals surface area contributed by atoms with Gasteiger partial charge in [0.1, 0.15) is 11.6 Å². The Balaban J connectivity index is 1.52. The van der Waals surface area contributed by atoms with Gasteiger partial charge in [-0.1, -0.05) is 58.4 Å². The Morgan fingerprint density at radius 1 is 1.15 bits per heavy atom.